The number of unbranched alkanes of at least 4 members (excludes halogenated alkanes) is 4. The molecule has 5 heteroatoms. The number of hydrogen-bond donors (Lipinski definition) is 2. The molecule has 1 aliphatic rings. The average Bonchev–Trinajstić information content (AvgIpc) is 2.89. The highest BCUT2D eigenvalue weighted by Crippen LogP contribution is 2.34. The van der Waals surface area contributed by atoms with Crippen molar-refractivity contribution in [2.45, 2.75) is 96.2 Å². The minimum Gasteiger partial charge on any atom is -0.469 e. The smallest absolute Gasteiger partial charge is 0.305 e. The van der Waals surface area contributed by atoms with E-state index in [-0.39, 0.29) is 30.0 Å². The molecule has 0 heterocycles. The van der Waals surface area contributed by atoms with E-state index < -0.39 is 11.7 Å². The summed E-state index contributed by atoms with van der Waals surface area (Å²) in [7, 11) is 1.40. The lowest BCUT2D eigenvalue weighted by Crippen LogP contribution is -2.23. The Morgan fingerprint density at radius 2 is 1.96 bits per heavy atom. The van der Waals surface area contributed by atoms with Gasteiger partial charge in [0.25, 0.3) is 0 Å². The Kier molecular flexibility index (Phi) is 10.9. The molecule has 0 unspecified atom stereocenters. The van der Waals surface area contributed by atoms with E-state index >= 15 is 0 Å². The molecule has 0 aromatic rings. The lowest BCUT2D eigenvalue weighted by atomic mass is 9.87. The Morgan fingerprint density at radius 1 is 1.26 bits per heavy atom. The number of ketones is 1. The van der Waals surface area contributed by atoms with E-state index in [1.54, 1.807) is 0 Å². The summed E-state index contributed by atoms with van der Waals surface area (Å²) >= 11 is 0. The zero-order valence-corrected chi connectivity index (χ0v) is 17.3. The normalized spacial score (nSPS) is 25.1. The van der Waals surface area contributed by atoms with Gasteiger partial charge in [0.2, 0.25) is 0 Å². The standard InChI is InChI=1S/C22H38O5/c1-4-5-14-22(2,26)15-10-12-18-17(19(23)16-20(18)24)11-8-6-7-9-13-21(25)27-3/h10,12,17-18,20,24,26H,4-9,11,13-16H2,1-3H3/t17-,18-,20-,22+/m1/s1. The minimum absolute atomic E-state index is 0.127. The van der Waals surface area contributed by atoms with Crippen LogP contribution in [0, 0.1) is 11.8 Å². The number of carbonyl (C=O) groups excluding carboxylic acids is 2. The second-order valence-electron chi connectivity index (χ2n) is 8.18. The molecule has 1 saturated carbocycles. The molecule has 5 nitrogen and oxygen atoms in total. The van der Waals surface area contributed by atoms with Crippen molar-refractivity contribution in [3.8, 4) is 0 Å². The van der Waals surface area contributed by atoms with Gasteiger partial charge in [-0.2, -0.15) is 0 Å². The van der Waals surface area contributed by atoms with Gasteiger partial charge in [0.1, 0.15) is 5.78 Å². The van der Waals surface area contributed by atoms with E-state index in [4.69, 9.17) is 0 Å². The number of aliphatic hydroxyl groups excluding tert-OH is 1. The zero-order chi connectivity index (χ0) is 20.3. The van der Waals surface area contributed by atoms with Gasteiger partial charge in [0, 0.05) is 24.7 Å². The first kappa shape index (κ1) is 23.8. The summed E-state index contributed by atoms with van der Waals surface area (Å²) < 4.78 is 4.62. The van der Waals surface area contributed by atoms with Gasteiger partial charge in [-0.3, -0.25) is 9.59 Å². The summed E-state index contributed by atoms with van der Waals surface area (Å²) in [5, 5.41) is 20.6. The lowest BCUT2D eigenvalue weighted by molar-refractivity contribution is -0.140. The number of ether oxygens (including phenoxy) is 1. The lowest BCUT2D eigenvalue weighted by Gasteiger charge is -2.22. The number of hydrogen-bond acceptors (Lipinski definition) is 5. The van der Waals surface area contributed by atoms with Gasteiger partial charge < -0.3 is 14.9 Å². The molecule has 0 bridgehead atoms. The molecule has 0 saturated heterocycles. The van der Waals surface area contributed by atoms with Gasteiger partial charge in [-0.05, 0) is 32.6 Å². The second-order valence-corrected chi connectivity index (χ2v) is 8.18. The largest absolute Gasteiger partial charge is 0.469 e. The van der Waals surface area contributed by atoms with Crippen LogP contribution in [-0.4, -0.2) is 40.8 Å². The van der Waals surface area contributed by atoms with E-state index in [0.717, 1.165) is 51.4 Å². The number of aliphatic hydroxyl groups is 2. The quantitative estimate of drug-likeness (QED) is 0.286. The van der Waals surface area contributed by atoms with Crippen LogP contribution in [0.25, 0.3) is 0 Å². The molecule has 4 atom stereocenters. The maximum atomic E-state index is 12.2. The fraction of sp³-hybridized carbons (Fsp3) is 0.818. The van der Waals surface area contributed by atoms with E-state index in [9.17, 15) is 19.8 Å². The predicted molar refractivity (Wildman–Crippen MR) is 106 cm³/mol. The maximum absolute atomic E-state index is 12.2. The van der Waals surface area contributed by atoms with Crippen LogP contribution < -0.4 is 0 Å². The van der Waals surface area contributed by atoms with Crippen LogP contribution in [0.2, 0.25) is 0 Å². The van der Waals surface area contributed by atoms with Crippen molar-refractivity contribution in [3.63, 3.8) is 0 Å². The topological polar surface area (TPSA) is 83.8 Å². The molecule has 0 aromatic heterocycles. The van der Waals surface area contributed by atoms with Gasteiger partial charge >= 0.3 is 5.97 Å². The molecule has 0 aromatic carbocycles. The van der Waals surface area contributed by atoms with Gasteiger partial charge in [-0.15, -0.1) is 0 Å². The third-order valence-electron chi connectivity index (χ3n) is 5.59. The molecule has 0 aliphatic heterocycles. The zero-order valence-electron chi connectivity index (χ0n) is 17.3. The highest BCUT2D eigenvalue weighted by molar-refractivity contribution is 5.84. The Morgan fingerprint density at radius 3 is 2.63 bits per heavy atom. The van der Waals surface area contributed by atoms with Crippen molar-refractivity contribution >= 4 is 11.8 Å². The number of esters is 1. The number of Topliss-reactive ketones (excluding diaryl/α,β-unsaturated/α-hetero) is 1. The molecule has 156 valence electrons. The Bertz CT molecular complexity index is 483. The monoisotopic (exact) mass is 382 g/mol. The Hall–Kier alpha value is -1.20. The summed E-state index contributed by atoms with van der Waals surface area (Å²) in [4.78, 5) is 23.3. The number of methoxy groups -OCH3 is 1. The van der Waals surface area contributed by atoms with Crippen molar-refractivity contribution in [2.24, 2.45) is 11.8 Å². The molecular formula is C22H38O5. The Balaban J connectivity index is 2.42. The molecule has 0 amide bonds. The first-order valence-corrected chi connectivity index (χ1v) is 10.5. The average molecular weight is 383 g/mol. The van der Waals surface area contributed by atoms with Crippen LogP contribution in [-0.2, 0) is 14.3 Å². The SMILES string of the molecule is CCCC[C@](C)(O)CC=C[C@H]1[C@H](O)CC(=O)[C@@H]1CCCCCCC(=O)OC. The van der Waals surface area contributed by atoms with Crippen molar-refractivity contribution in [1.82, 2.24) is 0 Å². The van der Waals surface area contributed by atoms with E-state index in [0.29, 0.717) is 12.8 Å². The van der Waals surface area contributed by atoms with Gasteiger partial charge in [0.05, 0.1) is 18.8 Å². The van der Waals surface area contributed by atoms with E-state index in [2.05, 4.69) is 11.7 Å². The summed E-state index contributed by atoms with van der Waals surface area (Å²) in [6.45, 7) is 3.95. The summed E-state index contributed by atoms with van der Waals surface area (Å²) in [6.07, 6.45) is 11.7. The van der Waals surface area contributed by atoms with Crippen molar-refractivity contribution in [2.75, 3.05) is 7.11 Å². The summed E-state index contributed by atoms with van der Waals surface area (Å²) in [5.41, 5.74) is -0.727. The van der Waals surface area contributed by atoms with Crippen LogP contribution in [0.1, 0.15) is 84.5 Å². The van der Waals surface area contributed by atoms with Gasteiger partial charge in [-0.1, -0.05) is 51.2 Å². The Labute approximate surface area is 164 Å². The van der Waals surface area contributed by atoms with Crippen molar-refractivity contribution in [3.05, 3.63) is 12.2 Å². The first-order valence-electron chi connectivity index (χ1n) is 10.5. The molecule has 27 heavy (non-hydrogen) atoms. The van der Waals surface area contributed by atoms with Gasteiger partial charge in [0.15, 0.2) is 0 Å². The molecular weight excluding hydrogens is 344 g/mol. The van der Waals surface area contributed by atoms with Crippen LogP contribution in [0.5, 0.6) is 0 Å². The molecule has 1 fully saturated rings. The molecule has 2 N–H and O–H groups in total. The van der Waals surface area contributed by atoms with Crippen LogP contribution in [0.15, 0.2) is 12.2 Å². The fourth-order valence-corrected chi connectivity index (χ4v) is 3.82. The summed E-state index contributed by atoms with van der Waals surface area (Å²) in [5.74, 6) is -0.305. The molecule has 0 spiro atoms. The highest BCUT2D eigenvalue weighted by Gasteiger charge is 2.39. The fourth-order valence-electron chi connectivity index (χ4n) is 3.82. The maximum Gasteiger partial charge on any atom is 0.305 e. The highest BCUT2D eigenvalue weighted by atomic mass is 16.5. The van der Waals surface area contributed by atoms with E-state index in [1.165, 1.54) is 7.11 Å². The third kappa shape index (κ3) is 9.02. The van der Waals surface area contributed by atoms with Crippen molar-refractivity contribution in [1.29, 1.82) is 0 Å². The first-order chi connectivity index (χ1) is 12.8. The molecule has 0 radical (unpaired) electrons. The summed E-state index contributed by atoms with van der Waals surface area (Å²) in [6, 6.07) is 0. The minimum atomic E-state index is -0.727. The molecule has 1 aliphatic carbocycles. The number of carbonyl (C=O) groups is 2. The van der Waals surface area contributed by atoms with Crippen LogP contribution >= 0.6 is 0 Å². The van der Waals surface area contributed by atoms with E-state index in [1.807, 2.05) is 19.1 Å². The number of rotatable bonds is 13. The molecule has 1 rings (SSSR count). The van der Waals surface area contributed by atoms with Crippen LogP contribution in [0.3, 0.4) is 0 Å². The van der Waals surface area contributed by atoms with Crippen molar-refractivity contribution < 1.29 is 24.5 Å². The van der Waals surface area contributed by atoms with Gasteiger partial charge in [-0.25, -0.2) is 0 Å². The predicted octanol–water partition coefficient (Wildman–Crippen LogP) is 3.95. The third-order valence-corrected chi connectivity index (χ3v) is 5.59. The van der Waals surface area contributed by atoms with Crippen LogP contribution in [0.4, 0.5) is 0 Å². The second kappa shape index (κ2) is 12.3.